The van der Waals surface area contributed by atoms with Crippen molar-refractivity contribution in [1.82, 2.24) is 10.3 Å². The fourth-order valence-corrected chi connectivity index (χ4v) is 2.30. The first kappa shape index (κ1) is 23.8. The summed E-state index contributed by atoms with van der Waals surface area (Å²) in [5, 5.41) is 3.46. The van der Waals surface area contributed by atoms with Gasteiger partial charge in [-0.15, -0.1) is 24.8 Å². The Morgan fingerprint density at radius 1 is 1.28 bits per heavy atom. The largest absolute Gasteiger partial charge is 0.475 e. The smallest absolute Gasteiger partial charge is 0.241 e. The van der Waals surface area contributed by atoms with Gasteiger partial charge >= 0.3 is 0 Å². The van der Waals surface area contributed by atoms with Crippen molar-refractivity contribution in [2.75, 3.05) is 13.2 Å². The van der Waals surface area contributed by atoms with Crippen molar-refractivity contribution < 1.29 is 9.53 Å². The average Bonchev–Trinajstić information content (AvgIpc) is 2.53. The minimum absolute atomic E-state index is 0. The van der Waals surface area contributed by atoms with Crippen LogP contribution in [0.1, 0.15) is 17.2 Å². The molecule has 1 heterocycles. The van der Waals surface area contributed by atoms with Crippen LogP contribution in [0.15, 0.2) is 36.5 Å². The lowest BCUT2D eigenvalue weighted by Crippen LogP contribution is -2.36. The zero-order valence-electron chi connectivity index (χ0n) is 13.4. The normalized spacial score (nSPS) is 10.9. The average molecular weight is 427 g/mol. The Labute approximate surface area is 169 Å². The van der Waals surface area contributed by atoms with Crippen molar-refractivity contribution >= 4 is 53.9 Å². The molecule has 3 N–H and O–H groups in total. The number of rotatable bonds is 6. The lowest BCUT2D eigenvalue weighted by molar-refractivity contribution is -0.122. The predicted octanol–water partition coefficient (Wildman–Crippen LogP) is 3.74. The minimum atomic E-state index is -0.715. The van der Waals surface area contributed by atoms with Gasteiger partial charge in [0.1, 0.15) is 17.7 Å². The van der Waals surface area contributed by atoms with Crippen molar-refractivity contribution in [3.8, 4) is 5.88 Å². The molecule has 2 rings (SSSR count). The molecule has 25 heavy (non-hydrogen) atoms. The van der Waals surface area contributed by atoms with E-state index in [1.807, 2.05) is 31.2 Å². The van der Waals surface area contributed by atoms with E-state index in [1.165, 1.54) is 12.3 Å². The molecule has 2 aromatic rings. The third-order valence-electron chi connectivity index (χ3n) is 3.13. The molecule has 1 amide bonds. The van der Waals surface area contributed by atoms with Crippen LogP contribution in [0.25, 0.3) is 0 Å². The molecule has 0 saturated heterocycles. The lowest BCUT2D eigenvalue weighted by Gasteiger charge is -2.13. The number of amides is 1. The molecule has 0 bridgehead atoms. The molecular formula is C16H19Cl4N3O2. The number of halogens is 4. The molecule has 1 aromatic carbocycles. The lowest BCUT2D eigenvalue weighted by atomic mass is 10.1. The molecule has 9 heteroatoms. The Bertz CT molecular complexity index is 684. The third kappa shape index (κ3) is 7.26. The summed E-state index contributed by atoms with van der Waals surface area (Å²) in [6.45, 7) is 2.49. The van der Waals surface area contributed by atoms with E-state index in [0.29, 0.717) is 16.6 Å². The number of carbonyl (C=O) groups is 1. The summed E-state index contributed by atoms with van der Waals surface area (Å²) in [5.41, 5.74) is 7.80. The molecule has 0 aliphatic rings. The Hall–Kier alpha value is -1.24. The van der Waals surface area contributed by atoms with Gasteiger partial charge in [0.25, 0.3) is 0 Å². The summed E-state index contributed by atoms with van der Waals surface area (Å²) in [5.74, 6) is 0.000707. The van der Waals surface area contributed by atoms with Crippen LogP contribution in [0.5, 0.6) is 5.88 Å². The molecule has 138 valence electrons. The standard InChI is InChI=1S/C16H17Cl2N3O2.2ClH/c1-10-2-4-11(5-3-10)14(19)15(22)20-6-7-23-16-13(18)8-12(17)9-21-16;;/h2-5,8-9,14H,6-7,19H2,1H3,(H,20,22);2*1H. The fraction of sp³-hybridized carbons (Fsp3) is 0.250. The zero-order chi connectivity index (χ0) is 16.8. The van der Waals surface area contributed by atoms with Crippen molar-refractivity contribution in [2.24, 2.45) is 5.73 Å². The van der Waals surface area contributed by atoms with Crippen LogP contribution in [0.3, 0.4) is 0 Å². The monoisotopic (exact) mass is 425 g/mol. The predicted molar refractivity (Wildman–Crippen MR) is 105 cm³/mol. The summed E-state index contributed by atoms with van der Waals surface area (Å²) in [6.07, 6.45) is 1.44. The number of ether oxygens (including phenoxy) is 1. The quantitative estimate of drug-likeness (QED) is 0.689. The van der Waals surface area contributed by atoms with Crippen LogP contribution < -0.4 is 15.8 Å². The number of nitrogens with one attached hydrogen (secondary N) is 1. The molecule has 0 spiro atoms. The Balaban J connectivity index is 0.00000288. The van der Waals surface area contributed by atoms with Gasteiger partial charge in [0, 0.05) is 6.20 Å². The number of carbonyl (C=O) groups excluding carboxylic acids is 1. The minimum Gasteiger partial charge on any atom is -0.475 e. The summed E-state index contributed by atoms with van der Waals surface area (Å²) < 4.78 is 5.39. The molecule has 0 fully saturated rings. The molecule has 5 nitrogen and oxygen atoms in total. The first-order valence-corrected chi connectivity index (χ1v) is 7.76. The van der Waals surface area contributed by atoms with E-state index in [0.717, 1.165) is 11.1 Å². The van der Waals surface area contributed by atoms with Gasteiger partial charge in [0.15, 0.2) is 0 Å². The molecular weight excluding hydrogens is 408 g/mol. The summed E-state index contributed by atoms with van der Waals surface area (Å²) in [6, 6.07) is 8.34. The van der Waals surface area contributed by atoms with Gasteiger partial charge in [-0.05, 0) is 18.6 Å². The van der Waals surface area contributed by atoms with Gasteiger partial charge in [-0.1, -0.05) is 53.0 Å². The van der Waals surface area contributed by atoms with Crippen LogP contribution in [0, 0.1) is 6.92 Å². The second-order valence-electron chi connectivity index (χ2n) is 4.97. The van der Waals surface area contributed by atoms with Crippen LogP contribution in [0.4, 0.5) is 0 Å². The maximum absolute atomic E-state index is 12.0. The molecule has 0 saturated carbocycles. The van der Waals surface area contributed by atoms with Crippen LogP contribution in [-0.2, 0) is 4.79 Å². The van der Waals surface area contributed by atoms with Gasteiger partial charge in [0.2, 0.25) is 11.8 Å². The summed E-state index contributed by atoms with van der Waals surface area (Å²) in [4.78, 5) is 16.0. The van der Waals surface area contributed by atoms with Crippen molar-refractivity contribution in [2.45, 2.75) is 13.0 Å². The van der Waals surface area contributed by atoms with E-state index in [1.54, 1.807) is 0 Å². The van der Waals surface area contributed by atoms with Gasteiger partial charge in [0.05, 0.1) is 11.6 Å². The molecule has 1 unspecified atom stereocenters. The highest BCUT2D eigenvalue weighted by Crippen LogP contribution is 2.24. The molecule has 0 aliphatic carbocycles. The van der Waals surface area contributed by atoms with Crippen molar-refractivity contribution in [3.05, 3.63) is 57.7 Å². The number of hydrogen-bond acceptors (Lipinski definition) is 4. The van der Waals surface area contributed by atoms with E-state index in [9.17, 15) is 4.79 Å². The van der Waals surface area contributed by atoms with Gasteiger partial charge in [-0.25, -0.2) is 4.98 Å². The highest BCUT2D eigenvalue weighted by atomic mass is 35.5. The van der Waals surface area contributed by atoms with Crippen molar-refractivity contribution in [3.63, 3.8) is 0 Å². The number of pyridine rings is 1. The topological polar surface area (TPSA) is 77.2 Å². The van der Waals surface area contributed by atoms with Gasteiger partial charge in [-0.2, -0.15) is 0 Å². The van der Waals surface area contributed by atoms with E-state index >= 15 is 0 Å². The third-order valence-corrected chi connectivity index (χ3v) is 3.61. The van der Waals surface area contributed by atoms with Crippen LogP contribution in [0.2, 0.25) is 10.0 Å². The number of nitrogens with two attached hydrogens (primary N) is 1. The number of aromatic nitrogens is 1. The van der Waals surface area contributed by atoms with E-state index in [4.69, 9.17) is 33.7 Å². The molecule has 1 atom stereocenters. The number of benzene rings is 1. The maximum Gasteiger partial charge on any atom is 0.241 e. The van der Waals surface area contributed by atoms with Gasteiger partial charge in [-0.3, -0.25) is 4.79 Å². The van der Waals surface area contributed by atoms with Crippen molar-refractivity contribution in [1.29, 1.82) is 0 Å². The van der Waals surface area contributed by atoms with E-state index in [2.05, 4.69) is 10.3 Å². The fourth-order valence-electron chi connectivity index (χ4n) is 1.87. The molecule has 0 aliphatic heterocycles. The first-order chi connectivity index (χ1) is 11.0. The van der Waals surface area contributed by atoms with Crippen LogP contribution >= 0.6 is 48.0 Å². The first-order valence-electron chi connectivity index (χ1n) is 7.01. The second kappa shape index (κ2) is 11.4. The maximum atomic E-state index is 12.0. The number of aryl methyl sites for hydroxylation is 1. The SMILES string of the molecule is Cc1ccc(C(N)C(=O)NCCOc2ncc(Cl)cc2Cl)cc1.Cl.Cl. The van der Waals surface area contributed by atoms with E-state index < -0.39 is 6.04 Å². The zero-order valence-corrected chi connectivity index (χ0v) is 16.5. The Morgan fingerprint density at radius 2 is 1.92 bits per heavy atom. The number of hydrogen-bond donors (Lipinski definition) is 2. The Morgan fingerprint density at radius 3 is 2.52 bits per heavy atom. The van der Waals surface area contributed by atoms with Crippen LogP contribution in [-0.4, -0.2) is 24.0 Å². The molecule has 1 aromatic heterocycles. The van der Waals surface area contributed by atoms with E-state index in [-0.39, 0.29) is 43.2 Å². The highest BCUT2D eigenvalue weighted by Gasteiger charge is 2.15. The highest BCUT2D eigenvalue weighted by molar-refractivity contribution is 6.35. The molecule has 0 radical (unpaired) electrons. The summed E-state index contributed by atoms with van der Waals surface area (Å²) >= 11 is 11.7. The van der Waals surface area contributed by atoms with Gasteiger partial charge < -0.3 is 15.8 Å². The number of nitrogens with zero attached hydrogens (tertiary/aromatic N) is 1. The second-order valence-corrected chi connectivity index (χ2v) is 5.81. The summed E-state index contributed by atoms with van der Waals surface area (Å²) in [7, 11) is 0. The Kier molecular flexibility index (Phi) is 10.8.